The molecule has 180 valence electrons. The van der Waals surface area contributed by atoms with Crippen LogP contribution in [0.3, 0.4) is 0 Å². The summed E-state index contributed by atoms with van der Waals surface area (Å²) in [5.74, 6) is 1.91. The Morgan fingerprint density at radius 2 is 1.69 bits per heavy atom. The van der Waals surface area contributed by atoms with E-state index in [4.69, 9.17) is 14.5 Å². The Morgan fingerprint density at radius 3 is 2.34 bits per heavy atom. The Balaban J connectivity index is 1.45. The van der Waals surface area contributed by atoms with Crippen LogP contribution in [0.2, 0.25) is 0 Å². The summed E-state index contributed by atoms with van der Waals surface area (Å²) >= 11 is 0. The molecule has 1 aromatic carbocycles. The van der Waals surface area contributed by atoms with E-state index in [2.05, 4.69) is 53.2 Å². The number of benzene rings is 1. The number of piperidine rings is 2. The first-order valence-corrected chi connectivity index (χ1v) is 12.6. The Bertz CT molecular complexity index is 663. The van der Waals surface area contributed by atoms with Crippen LogP contribution >= 0.6 is 0 Å². The SMILES string of the molecule is CCNC(=NCc1ccc(CN2CCC(C)CC2)cc1)N1CCC(OCCCOC)CC1. The van der Waals surface area contributed by atoms with Gasteiger partial charge in [-0.2, -0.15) is 0 Å². The molecule has 2 aliphatic rings. The van der Waals surface area contributed by atoms with Crippen molar-refractivity contribution in [1.82, 2.24) is 15.1 Å². The summed E-state index contributed by atoms with van der Waals surface area (Å²) in [5, 5.41) is 3.48. The molecule has 2 saturated heterocycles. The van der Waals surface area contributed by atoms with Crippen molar-refractivity contribution < 1.29 is 9.47 Å². The predicted octanol–water partition coefficient (Wildman–Crippen LogP) is 3.90. The number of ether oxygens (including phenoxy) is 2. The van der Waals surface area contributed by atoms with Gasteiger partial charge in [0.15, 0.2) is 5.96 Å². The highest BCUT2D eigenvalue weighted by Crippen LogP contribution is 2.19. The van der Waals surface area contributed by atoms with Gasteiger partial charge in [0, 0.05) is 46.5 Å². The molecule has 0 saturated carbocycles. The second-order valence-electron chi connectivity index (χ2n) is 9.35. The lowest BCUT2D eigenvalue weighted by atomic mass is 9.99. The van der Waals surface area contributed by atoms with E-state index in [-0.39, 0.29) is 0 Å². The topological polar surface area (TPSA) is 49.3 Å². The van der Waals surface area contributed by atoms with Crippen LogP contribution in [0.4, 0.5) is 0 Å². The Labute approximate surface area is 195 Å². The third-order valence-electron chi connectivity index (χ3n) is 6.64. The minimum Gasteiger partial charge on any atom is -0.385 e. The Morgan fingerprint density at radius 1 is 1.00 bits per heavy atom. The van der Waals surface area contributed by atoms with Crippen molar-refractivity contribution in [3.63, 3.8) is 0 Å². The number of nitrogens with zero attached hydrogens (tertiary/aromatic N) is 3. The lowest BCUT2D eigenvalue weighted by molar-refractivity contribution is 0.00990. The van der Waals surface area contributed by atoms with Gasteiger partial charge in [0.25, 0.3) is 0 Å². The van der Waals surface area contributed by atoms with E-state index < -0.39 is 0 Å². The maximum atomic E-state index is 6.00. The molecule has 0 amide bonds. The fraction of sp³-hybridized carbons (Fsp3) is 0.731. The number of methoxy groups -OCH3 is 1. The first kappa shape index (κ1) is 25.0. The minimum absolute atomic E-state index is 0.363. The second kappa shape index (κ2) is 13.8. The first-order valence-electron chi connectivity index (χ1n) is 12.6. The number of likely N-dealkylation sites (tertiary alicyclic amines) is 2. The van der Waals surface area contributed by atoms with Gasteiger partial charge in [-0.25, -0.2) is 4.99 Å². The maximum Gasteiger partial charge on any atom is 0.194 e. The quantitative estimate of drug-likeness (QED) is 0.337. The van der Waals surface area contributed by atoms with Crippen LogP contribution in [0.15, 0.2) is 29.3 Å². The smallest absolute Gasteiger partial charge is 0.194 e. The summed E-state index contributed by atoms with van der Waals surface area (Å²) in [5.41, 5.74) is 2.68. The molecule has 1 aromatic rings. The fourth-order valence-electron chi connectivity index (χ4n) is 4.51. The number of aliphatic imine (C=N–C) groups is 1. The third kappa shape index (κ3) is 8.38. The van der Waals surface area contributed by atoms with Crippen molar-refractivity contribution in [3.05, 3.63) is 35.4 Å². The van der Waals surface area contributed by atoms with Crippen LogP contribution in [-0.4, -0.2) is 74.9 Å². The zero-order valence-corrected chi connectivity index (χ0v) is 20.5. The van der Waals surface area contributed by atoms with Gasteiger partial charge in [0.1, 0.15) is 0 Å². The maximum absolute atomic E-state index is 6.00. The van der Waals surface area contributed by atoms with Gasteiger partial charge in [0.2, 0.25) is 0 Å². The number of hydrogen-bond donors (Lipinski definition) is 1. The fourth-order valence-corrected chi connectivity index (χ4v) is 4.51. The molecule has 3 rings (SSSR count). The number of rotatable bonds is 10. The summed E-state index contributed by atoms with van der Waals surface area (Å²) in [6.07, 6.45) is 6.11. The van der Waals surface area contributed by atoms with Gasteiger partial charge < -0.3 is 19.7 Å². The van der Waals surface area contributed by atoms with Gasteiger partial charge in [-0.3, -0.25) is 4.90 Å². The minimum atomic E-state index is 0.363. The van der Waals surface area contributed by atoms with E-state index in [1.54, 1.807) is 7.11 Å². The summed E-state index contributed by atoms with van der Waals surface area (Å²) in [6, 6.07) is 9.05. The summed E-state index contributed by atoms with van der Waals surface area (Å²) in [7, 11) is 1.74. The van der Waals surface area contributed by atoms with E-state index in [9.17, 15) is 0 Å². The van der Waals surface area contributed by atoms with Crippen molar-refractivity contribution in [2.24, 2.45) is 10.9 Å². The average Bonchev–Trinajstić information content (AvgIpc) is 2.82. The molecule has 32 heavy (non-hydrogen) atoms. The molecule has 0 spiro atoms. The molecule has 2 aliphatic heterocycles. The zero-order valence-electron chi connectivity index (χ0n) is 20.5. The van der Waals surface area contributed by atoms with Crippen LogP contribution in [0.25, 0.3) is 0 Å². The van der Waals surface area contributed by atoms with Crippen molar-refractivity contribution in [3.8, 4) is 0 Å². The summed E-state index contributed by atoms with van der Waals surface area (Å²) < 4.78 is 11.1. The van der Waals surface area contributed by atoms with Gasteiger partial charge >= 0.3 is 0 Å². The van der Waals surface area contributed by atoms with Crippen molar-refractivity contribution in [2.45, 2.75) is 65.1 Å². The number of nitrogens with one attached hydrogen (secondary N) is 1. The van der Waals surface area contributed by atoms with E-state index in [0.717, 1.165) is 77.1 Å². The lowest BCUT2D eigenvalue weighted by Crippen LogP contribution is -2.47. The van der Waals surface area contributed by atoms with Crippen LogP contribution in [0, 0.1) is 5.92 Å². The Kier molecular flexibility index (Phi) is 10.8. The molecule has 6 heteroatoms. The Hall–Kier alpha value is -1.63. The van der Waals surface area contributed by atoms with E-state index in [1.165, 1.54) is 37.1 Å². The highest BCUT2D eigenvalue weighted by Gasteiger charge is 2.22. The first-order chi connectivity index (χ1) is 15.7. The summed E-state index contributed by atoms with van der Waals surface area (Å²) in [6.45, 7) is 13.2. The third-order valence-corrected chi connectivity index (χ3v) is 6.64. The molecule has 1 N–H and O–H groups in total. The second-order valence-corrected chi connectivity index (χ2v) is 9.35. The molecular formula is C26H44N4O2. The van der Waals surface area contributed by atoms with Gasteiger partial charge in [0.05, 0.1) is 12.6 Å². The number of hydrogen-bond acceptors (Lipinski definition) is 4. The largest absolute Gasteiger partial charge is 0.385 e. The molecule has 0 bridgehead atoms. The average molecular weight is 445 g/mol. The molecule has 0 aromatic heterocycles. The van der Waals surface area contributed by atoms with Gasteiger partial charge in [-0.1, -0.05) is 31.2 Å². The van der Waals surface area contributed by atoms with Crippen LogP contribution in [-0.2, 0) is 22.6 Å². The van der Waals surface area contributed by atoms with Crippen LogP contribution in [0.5, 0.6) is 0 Å². The zero-order chi connectivity index (χ0) is 22.6. The predicted molar refractivity (Wildman–Crippen MR) is 132 cm³/mol. The van der Waals surface area contributed by atoms with E-state index in [1.807, 2.05) is 0 Å². The highest BCUT2D eigenvalue weighted by molar-refractivity contribution is 5.80. The highest BCUT2D eigenvalue weighted by atomic mass is 16.5. The molecule has 0 atom stereocenters. The number of guanidine groups is 1. The monoisotopic (exact) mass is 444 g/mol. The van der Waals surface area contributed by atoms with Crippen molar-refractivity contribution in [2.75, 3.05) is 53.0 Å². The van der Waals surface area contributed by atoms with Crippen molar-refractivity contribution in [1.29, 1.82) is 0 Å². The molecule has 0 unspecified atom stereocenters. The van der Waals surface area contributed by atoms with Crippen LogP contribution < -0.4 is 5.32 Å². The summed E-state index contributed by atoms with van der Waals surface area (Å²) in [4.78, 5) is 9.90. The molecule has 0 radical (unpaired) electrons. The van der Waals surface area contributed by atoms with Gasteiger partial charge in [-0.15, -0.1) is 0 Å². The van der Waals surface area contributed by atoms with Gasteiger partial charge in [-0.05, 0) is 69.2 Å². The normalized spacial score (nSPS) is 19.5. The molecule has 6 nitrogen and oxygen atoms in total. The molecule has 2 heterocycles. The lowest BCUT2D eigenvalue weighted by Gasteiger charge is -2.34. The van der Waals surface area contributed by atoms with E-state index in [0.29, 0.717) is 6.10 Å². The van der Waals surface area contributed by atoms with Crippen molar-refractivity contribution >= 4 is 5.96 Å². The molecule has 2 fully saturated rings. The van der Waals surface area contributed by atoms with Crippen LogP contribution in [0.1, 0.15) is 57.1 Å². The molecule has 0 aliphatic carbocycles. The standard InChI is InChI=1S/C26H44N4O2/c1-4-27-26(30-16-12-25(13-17-30)32-19-5-18-31-3)28-20-23-6-8-24(9-7-23)21-29-14-10-22(2)11-15-29/h6-9,22,25H,4-5,10-21H2,1-3H3,(H,27,28). The van der Waals surface area contributed by atoms with E-state index >= 15 is 0 Å². The molecular weight excluding hydrogens is 400 g/mol.